The van der Waals surface area contributed by atoms with Crippen molar-refractivity contribution in [2.45, 2.75) is 32.1 Å². The van der Waals surface area contributed by atoms with Gasteiger partial charge < -0.3 is 5.32 Å². The molecule has 0 radical (unpaired) electrons. The Kier molecular flexibility index (Phi) is 5.56. The van der Waals surface area contributed by atoms with Gasteiger partial charge in [0.25, 0.3) is 5.91 Å². The molecule has 0 saturated heterocycles. The van der Waals surface area contributed by atoms with Crippen molar-refractivity contribution in [2.75, 3.05) is 18.1 Å². The van der Waals surface area contributed by atoms with Gasteiger partial charge in [-0.1, -0.05) is 12.1 Å². The topological polar surface area (TPSA) is 75.3 Å². The molecule has 0 fully saturated rings. The Morgan fingerprint density at radius 1 is 1.16 bits per heavy atom. The predicted octanol–water partition coefficient (Wildman–Crippen LogP) is 2.97. The SMILES string of the molecule is CS(=O)(=O)NCCc1ccc(C(=O)Nc2cccc3c2CCCC3)s1. The number of amides is 1. The van der Waals surface area contributed by atoms with Crippen LogP contribution in [0.15, 0.2) is 30.3 Å². The molecule has 5 nitrogen and oxygen atoms in total. The van der Waals surface area contributed by atoms with Crippen LogP contribution in [0.1, 0.15) is 38.5 Å². The molecule has 0 saturated carbocycles. The van der Waals surface area contributed by atoms with E-state index in [2.05, 4.69) is 16.1 Å². The van der Waals surface area contributed by atoms with Crippen molar-refractivity contribution >= 4 is 33.0 Å². The van der Waals surface area contributed by atoms with Gasteiger partial charge in [-0.15, -0.1) is 11.3 Å². The summed E-state index contributed by atoms with van der Waals surface area (Å²) >= 11 is 1.40. The minimum Gasteiger partial charge on any atom is -0.321 e. The first-order valence-electron chi connectivity index (χ1n) is 8.38. The minimum atomic E-state index is -3.18. The predicted molar refractivity (Wildman–Crippen MR) is 102 cm³/mol. The highest BCUT2D eigenvalue weighted by Crippen LogP contribution is 2.28. The molecule has 1 aromatic heterocycles. The van der Waals surface area contributed by atoms with E-state index in [0.717, 1.165) is 36.1 Å². The Labute approximate surface area is 152 Å². The number of thiophene rings is 1. The first-order valence-corrected chi connectivity index (χ1v) is 11.1. The minimum absolute atomic E-state index is 0.105. The van der Waals surface area contributed by atoms with Gasteiger partial charge in [-0.05, 0) is 61.4 Å². The number of nitrogens with one attached hydrogen (secondary N) is 2. The van der Waals surface area contributed by atoms with E-state index in [0.29, 0.717) is 17.8 Å². The number of carbonyl (C=O) groups is 1. The van der Waals surface area contributed by atoms with Crippen molar-refractivity contribution in [3.63, 3.8) is 0 Å². The molecule has 1 aliphatic rings. The van der Waals surface area contributed by atoms with Crippen LogP contribution in [-0.4, -0.2) is 27.1 Å². The third-order valence-corrected chi connectivity index (χ3v) is 6.14. The lowest BCUT2D eigenvalue weighted by molar-refractivity contribution is 0.103. The maximum absolute atomic E-state index is 12.5. The molecule has 134 valence electrons. The molecular weight excluding hydrogens is 356 g/mol. The highest BCUT2D eigenvalue weighted by molar-refractivity contribution is 7.88. The maximum Gasteiger partial charge on any atom is 0.265 e. The number of anilines is 1. The van der Waals surface area contributed by atoms with E-state index >= 15 is 0 Å². The Morgan fingerprint density at radius 3 is 2.76 bits per heavy atom. The van der Waals surface area contributed by atoms with E-state index in [1.807, 2.05) is 18.2 Å². The fourth-order valence-electron chi connectivity index (χ4n) is 3.08. The smallest absolute Gasteiger partial charge is 0.265 e. The molecule has 0 atom stereocenters. The van der Waals surface area contributed by atoms with Crippen molar-refractivity contribution < 1.29 is 13.2 Å². The van der Waals surface area contributed by atoms with Gasteiger partial charge >= 0.3 is 0 Å². The van der Waals surface area contributed by atoms with Crippen LogP contribution in [0, 0.1) is 0 Å². The summed E-state index contributed by atoms with van der Waals surface area (Å²) in [6.07, 6.45) is 6.18. The number of fused-ring (bicyclic) bond motifs is 1. The highest BCUT2D eigenvalue weighted by Gasteiger charge is 2.16. The van der Waals surface area contributed by atoms with E-state index in [1.54, 1.807) is 6.07 Å². The lowest BCUT2D eigenvalue weighted by Gasteiger charge is -2.19. The molecule has 1 aromatic carbocycles. The van der Waals surface area contributed by atoms with Crippen molar-refractivity contribution in [1.29, 1.82) is 0 Å². The number of benzene rings is 1. The average molecular weight is 379 g/mol. The van der Waals surface area contributed by atoms with E-state index in [4.69, 9.17) is 0 Å². The summed E-state index contributed by atoms with van der Waals surface area (Å²) in [4.78, 5) is 14.2. The van der Waals surface area contributed by atoms with Crippen LogP contribution < -0.4 is 10.0 Å². The second-order valence-corrected chi connectivity index (χ2v) is 9.29. The number of hydrogen-bond acceptors (Lipinski definition) is 4. The number of rotatable bonds is 6. The summed E-state index contributed by atoms with van der Waals surface area (Å²) in [5.41, 5.74) is 3.51. The zero-order valence-corrected chi connectivity index (χ0v) is 15.8. The highest BCUT2D eigenvalue weighted by atomic mass is 32.2. The fraction of sp³-hybridized carbons (Fsp3) is 0.389. The van der Waals surface area contributed by atoms with E-state index in [-0.39, 0.29) is 5.91 Å². The molecule has 7 heteroatoms. The van der Waals surface area contributed by atoms with Crippen LogP contribution in [0.5, 0.6) is 0 Å². The Hall–Kier alpha value is -1.70. The second-order valence-electron chi connectivity index (χ2n) is 6.29. The van der Waals surface area contributed by atoms with Gasteiger partial charge in [0, 0.05) is 17.1 Å². The molecule has 1 heterocycles. The molecular formula is C18H22N2O3S2. The maximum atomic E-state index is 12.5. The Balaban J connectivity index is 1.64. The van der Waals surface area contributed by atoms with Crippen molar-refractivity contribution in [2.24, 2.45) is 0 Å². The molecule has 0 aliphatic heterocycles. The third-order valence-electron chi connectivity index (χ3n) is 4.27. The van der Waals surface area contributed by atoms with Gasteiger partial charge in [0.1, 0.15) is 0 Å². The molecule has 0 spiro atoms. The molecule has 3 rings (SSSR count). The van der Waals surface area contributed by atoms with Crippen molar-refractivity contribution in [3.05, 3.63) is 51.2 Å². The van der Waals surface area contributed by atoms with E-state index in [9.17, 15) is 13.2 Å². The van der Waals surface area contributed by atoms with Crippen LogP contribution >= 0.6 is 11.3 Å². The zero-order chi connectivity index (χ0) is 17.9. The Morgan fingerprint density at radius 2 is 1.96 bits per heavy atom. The van der Waals surface area contributed by atoms with Gasteiger partial charge in [0.15, 0.2) is 0 Å². The molecule has 0 bridgehead atoms. The molecule has 1 aliphatic carbocycles. The first-order chi connectivity index (χ1) is 11.9. The number of aryl methyl sites for hydroxylation is 1. The lowest BCUT2D eigenvalue weighted by Crippen LogP contribution is -2.24. The quantitative estimate of drug-likeness (QED) is 0.811. The number of hydrogen-bond donors (Lipinski definition) is 2. The summed E-state index contributed by atoms with van der Waals surface area (Å²) < 4.78 is 24.6. The van der Waals surface area contributed by atoms with Gasteiger partial charge in [-0.3, -0.25) is 4.79 Å². The zero-order valence-electron chi connectivity index (χ0n) is 14.2. The molecule has 1 amide bonds. The molecule has 0 unspecified atom stereocenters. The first kappa shape index (κ1) is 18.1. The second kappa shape index (κ2) is 7.68. The van der Waals surface area contributed by atoms with E-state index in [1.165, 1.54) is 28.9 Å². The Bertz CT molecular complexity index is 872. The standard InChI is InChI=1S/C18H22N2O3S2/c1-25(22,23)19-12-11-14-9-10-17(24-14)18(21)20-16-8-4-6-13-5-2-3-7-15(13)16/h4,6,8-10,19H,2-3,5,7,11-12H2,1H3,(H,20,21). The van der Waals surface area contributed by atoms with Gasteiger partial charge in [-0.25, -0.2) is 13.1 Å². The largest absolute Gasteiger partial charge is 0.321 e. The van der Waals surface area contributed by atoms with Gasteiger partial charge in [0.2, 0.25) is 10.0 Å². The van der Waals surface area contributed by atoms with Crippen LogP contribution in [0.25, 0.3) is 0 Å². The summed E-state index contributed by atoms with van der Waals surface area (Å²) in [5, 5.41) is 3.04. The summed E-state index contributed by atoms with van der Waals surface area (Å²) in [7, 11) is -3.18. The number of carbonyl (C=O) groups excluding carboxylic acids is 1. The van der Waals surface area contributed by atoms with Crippen LogP contribution in [0.4, 0.5) is 5.69 Å². The summed E-state index contributed by atoms with van der Waals surface area (Å²) in [6, 6.07) is 9.78. The van der Waals surface area contributed by atoms with Crippen molar-refractivity contribution in [3.8, 4) is 0 Å². The van der Waals surface area contributed by atoms with Gasteiger partial charge in [-0.2, -0.15) is 0 Å². The fourth-order valence-corrected chi connectivity index (χ4v) is 4.45. The summed E-state index contributed by atoms with van der Waals surface area (Å²) in [5.74, 6) is -0.105. The monoisotopic (exact) mass is 378 g/mol. The molecule has 2 N–H and O–H groups in total. The molecule has 2 aromatic rings. The average Bonchev–Trinajstić information content (AvgIpc) is 3.03. The van der Waals surface area contributed by atoms with Crippen LogP contribution in [0.3, 0.4) is 0 Å². The van der Waals surface area contributed by atoms with E-state index < -0.39 is 10.0 Å². The van der Waals surface area contributed by atoms with Gasteiger partial charge in [0.05, 0.1) is 11.1 Å². The van der Waals surface area contributed by atoms with Crippen LogP contribution in [-0.2, 0) is 29.3 Å². The van der Waals surface area contributed by atoms with Crippen LogP contribution in [0.2, 0.25) is 0 Å². The lowest BCUT2D eigenvalue weighted by atomic mass is 9.90. The third kappa shape index (κ3) is 4.90. The normalized spacial score (nSPS) is 14.1. The molecule has 25 heavy (non-hydrogen) atoms. The van der Waals surface area contributed by atoms with Crippen molar-refractivity contribution in [1.82, 2.24) is 4.72 Å². The summed E-state index contributed by atoms with van der Waals surface area (Å²) in [6.45, 7) is 0.340. The number of sulfonamides is 1.